The van der Waals surface area contributed by atoms with E-state index in [0.717, 1.165) is 17.9 Å². The van der Waals surface area contributed by atoms with Gasteiger partial charge < -0.3 is 9.64 Å². The summed E-state index contributed by atoms with van der Waals surface area (Å²) < 4.78 is 42.4. The standard InChI is InChI=1S/C13H14F3NO2S/c1-19-8-11(18)17-6-7-20-12(17)9-2-4-10(5-3-9)13(14,15)16/h2-5,12H,6-8H2,1H3. The molecule has 0 bridgehead atoms. The van der Waals surface area contributed by atoms with Crippen molar-refractivity contribution in [2.45, 2.75) is 11.6 Å². The molecule has 0 N–H and O–H groups in total. The Balaban J connectivity index is 2.16. The van der Waals surface area contributed by atoms with E-state index in [2.05, 4.69) is 0 Å². The summed E-state index contributed by atoms with van der Waals surface area (Å²) in [6, 6.07) is 4.96. The number of hydrogen-bond donors (Lipinski definition) is 0. The Labute approximate surface area is 119 Å². The van der Waals surface area contributed by atoms with Crippen LogP contribution in [-0.4, -0.2) is 36.8 Å². The third-order valence-corrected chi connectivity index (χ3v) is 4.26. The molecule has 1 aliphatic rings. The molecular formula is C13H14F3NO2S. The molecule has 0 aliphatic carbocycles. The first-order valence-corrected chi connectivity index (χ1v) is 7.05. The highest BCUT2D eigenvalue weighted by Gasteiger charge is 2.33. The van der Waals surface area contributed by atoms with Gasteiger partial charge in [-0.15, -0.1) is 11.8 Å². The minimum atomic E-state index is -4.34. The highest BCUT2D eigenvalue weighted by Crippen LogP contribution is 2.39. The van der Waals surface area contributed by atoms with E-state index in [1.54, 1.807) is 4.90 Å². The molecule has 1 saturated heterocycles. The Morgan fingerprint density at radius 1 is 1.40 bits per heavy atom. The highest BCUT2D eigenvalue weighted by molar-refractivity contribution is 7.99. The molecule has 1 amide bonds. The molecule has 0 spiro atoms. The van der Waals surface area contributed by atoms with Crippen molar-refractivity contribution in [3.05, 3.63) is 35.4 Å². The molecule has 3 nitrogen and oxygen atoms in total. The van der Waals surface area contributed by atoms with Crippen LogP contribution in [0.25, 0.3) is 0 Å². The number of carbonyl (C=O) groups excluding carboxylic acids is 1. The van der Waals surface area contributed by atoms with Gasteiger partial charge in [0.15, 0.2) is 0 Å². The first kappa shape index (κ1) is 15.2. The van der Waals surface area contributed by atoms with Crippen LogP contribution in [0.15, 0.2) is 24.3 Å². The second-order valence-corrected chi connectivity index (χ2v) is 5.55. The van der Waals surface area contributed by atoms with Crippen molar-refractivity contribution < 1.29 is 22.7 Å². The summed E-state index contributed by atoms with van der Waals surface area (Å²) in [5.41, 5.74) is 0.0176. The third-order valence-electron chi connectivity index (χ3n) is 3.00. The number of methoxy groups -OCH3 is 1. The fourth-order valence-electron chi connectivity index (χ4n) is 2.04. The average Bonchev–Trinajstić information content (AvgIpc) is 2.87. The summed E-state index contributed by atoms with van der Waals surface area (Å²) in [6.45, 7) is 0.566. The average molecular weight is 305 g/mol. The number of alkyl halides is 3. The third kappa shape index (κ3) is 3.27. The summed E-state index contributed by atoms with van der Waals surface area (Å²) in [4.78, 5) is 13.5. The van der Waals surface area contributed by atoms with Gasteiger partial charge in [-0.3, -0.25) is 4.79 Å². The topological polar surface area (TPSA) is 29.5 Å². The number of carbonyl (C=O) groups is 1. The van der Waals surface area contributed by atoms with Gasteiger partial charge in [-0.1, -0.05) is 12.1 Å². The van der Waals surface area contributed by atoms with Crippen molar-refractivity contribution in [1.82, 2.24) is 4.90 Å². The largest absolute Gasteiger partial charge is 0.416 e. The molecule has 1 aromatic rings. The number of benzene rings is 1. The maximum absolute atomic E-state index is 12.5. The first-order valence-electron chi connectivity index (χ1n) is 6.00. The van der Waals surface area contributed by atoms with Crippen LogP contribution in [0.4, 0.5) is 13.2 Å². The van der Waals surface area contributed by atoms with E-state index in [4.69, 9.17) is 4.74 Å². The summed E-state index contributed by atoms with van der Waals surface area (Å²) in [7, 11) is 1.44. The minimum absolute atomic E-state index is 0.0162. The summed E-state index contributed by atoms with van der Waals surface area (Å²) in [5, 5.41) is -0.236. The number of ether oxygens (including phenoxy) is 1. The van der Waals surface area contributed by atoms with Crippen LogP contribution in [-0.2, 0) is 15.7 Å². The van der Waals surface area contributed by atoms with Crippen molar-refractivity contribution >= 4 is 17.7 Å². The normalized spacial score (nSPS) is 19.4. The summed E-state index contributed by atoms with van der Waals surface area (Å²) in [5.74, 6) is 0.614. The van der Waals surface area contributed by atoms with Crippen molar-refractivity contribution in [3.63, 3.8) is 0 Å². The minimum Gasteiger partial charge on any atom is -0.375 e. The van der Waals surface area contributed by atoms with Gasteiger partial charge in [0.2, 0.25) is 5.91 Å². The number of nitrogens with zero attached hydrogens (tertiary/aromatic N) is 1. The maximum Gasteiger partial charge on any atom is 0.416 e. The van der Waals surface area contributed by atoms with E-state index < -0.39 is 11.7 Å². The predicted molar refractivity (Wildman–Crippen MR) is 70.2 cm³/mol. The predicted octanol–water partition coefficient (Wildman–Crippen LogP) is 2.93. The maximum atomic E-state index is 12.5. The fraction of sp³-hybridized carbons (Fsp3) is 0.462. The van der Waals surface area contributed by atoms with Crippen LogP contribution >= 0.6 is 11.8 Å². The molecule has 1 aliphatic heterocycles. The van der Waals surface area contributed by atoms with E-state index in [0.29, 0.717) is 12.1 Å². The van der Waals surface area contributed by atoms with Gasteiger partial charge in [0, 0.05) is 19.4 Å². The van der Waals surface area contributed by atoms with Gasteiger partial charge in [-0.2, -0.15) is 13.2 Å². The van der Waals surface area contributed by atoms with Gasteiger partial charge in [0.25, 0.3) is 0 Å². The van der Waals surface area contributed by atoms with Gasteiger partial charge in [0.05, 0.1) is 5.56 Å². The van der Waals surface area contributed by atoms with Gasteiger partial charge in [0.1, 0.15) is 12.0 Å². The molecular weight excluding hydrogens is 291 g/mol. The lowest BCUT2D eigenvalue weighted by atomic mass is 10.1. The van der Waals surface area contributed by atoms with E-state index in [-0.39, 0.29) is 17.9 Å². The van der Waals surface area contributed by atoms with Crippen LogP contribution in [0.5, 0.6) is 0 Å². The Morgan fingerprint density at radius 2 is 2.05 bits per heavy atom. The van der Waals surface area contributed by atoms with E-state index in [1.165, 1.54) is 31.0 Å². The quantitative estimate of drug-likeness (QED) is 0.860. The van der Waals surface area contributed by atoms with Gasteiger partial charge in [-0.05, 0) is 17.7 Å². The zero-order valence-corrected chi connectivity index (χ0v) is 11.6. The monoisotopic (exact) mass is 305 g/mol. The Hall–Kier alpha value is -1.21. The number of amides is 1. The van der Waals surface area contributed by atoms with Crippen molar-refractivity contribution in [1.29, 1.82) is 0 Å². The molecule has 7 heteroatoms. The Bertz CT molecular complexity index is 475. The van der Waals surface area contributed by atoms with Crippen LogP contribution < -0.4 is 0 Å². The first-order chi connectivity index (χ1) is 9.43. The molecule has 1 aromatic carbocycles. The van der Waals surface area contributed by atoms with Crippen molar-refractivity contribution in [3.8, 4) is 0 Å². The summed E-state index contributed by atoms with van der Waals surface area (Å²) in [6.07, 6.45) is -4.34. The molecule has 1 heterocycles. The molecule has 110 valence electrons. The SMILES string of the molecule is COCC(=O)N1CCSC1c1ccc(C(F)(F)F)cc1. The molecule has 0 radical (unpaired) electrons. The van der Waals surface area contributed by atoms with Crippen LogP contribution in [0.2, 0.25) is 0 Å². The van der Waals surface area contributed by atoms with E-state index >= 15 is 0 Å². The zero-order chi connectivity index (χ0) is 14.8. The second-order valence-electron chi connectivity index (χ2n) is 4.36. The molecule has 0 saturated carbocycles. The van der Waals surface area contributed by atoms with Gasteiger partial charge in [-0.25, -0.2) is 0 Å². The molecule has 2 rings (SSSR count). The smallest absolute Gasteiger partial charge is 0.375 e. The Kier molecular flexibility index (Phi) is 4.59. The van der Waals surface area contributed by atoms with E-state index in [9.17, 15) is 18.0 Å². The number of halogens is 3. The van der Waals surface area contributed by atoms with Crippen molar-refractivity contribution in [2.24, 2.45) is 0 Å². The lowest BCUT2D eigenvalue weighted by Crippen LogP contribution is -2.33. The van der Waals surface area contributed by atoms with Gasteiger partial charge >= 0.3 is 6.18 Å². The Morgan fingerprint density at radius 3 is 2.60 bits per heavy atom. The van der Waals surface area contributed by atoms with Crippen LogP contribution in [0, 0.1) is 0 Å². The number of thioether (sulfide) groups is 1. The number of rotatable bonds is 3. The lowest BCUT2D eigenvalue weighted by molar-refractivity contribution is -0.138. The van der Waals surface area contributed by atoms with Crippen molar-refractivity contribution in [2.75, 3.05) is 26.0 Å². The fourth-order valence-corrected chi connectivity index (χ4v) is 3.32. The molecule has 1 unspecified atom stereocenters. The summed E-state index contributed by atoms with van der Waals surface area (Å²) >= 11 is 1.54. The highest BCUT2D eigenvalue weighted by atomic mass is 32.2. The van der Waals surface area contributed by atoms with E-state index in [1.807, 2.05) is 0 Å². The lowest BCUT2D eigenvalue weighted by Gasteiger charge is -2.24. The molecule has 1 fully saturated rings. The van der Waals surface area contributed by atoms with Crippen LogP contribution in [0.3, 0.4) is 0 Å². The van der Waals surface area contributed by atoms with Crippen LogP contribution in [0.1, 0.15) is 16.5 Å². The molecule has 0 aromatic heterocycles. The number of hydrogen-bond acceptors (Lipinski definition) is 3. The molecule has 1 atom stereocenters. The zero-order valence-electron chi connectivity index (χ0n) is 10.8. The second kappa shape index (κ2) is 6.05. The molecule has 20 heavy (non-hydrogen) atoms.